The summed E-state index contributed by atoms with van der Waals surface area (Å²) in [6.07, 6.45) is 6.87. The van der Waals surface area contributed by atoms with Crippen molar-refractivity contribution >= 4 is 17.4 Å². The first-order valence-corrected chi connectivity index (χ1v) is 4.83. The van der Waals surface area contributed by atoms with Crippen LogP contribution in [0.3, 0.4) is 0 Å². The number of halogens is 1. The van der Waals surface area contributed by atoms with Gasteiger partial charge < -0.3 is 5.32 Å². The Morgan fingerprint density at radius 3 is 2.86 bits per heavy atom. The maximum atomic E-state index is 5.61. The molecule has 0 amide bonds. The monoisotopic (exact) mass is 209 g/mol. The van der Waals surface area contributed by atoms with Crippen LogP contribution >= 0.6 is 11.6 Å². The number of anilines is 1. The zero-order valence-corrected chi connectivity index (χ0v) is 8.75. The lowest BCUT2D eigenvalue weighted by Crippen LogP contribution is -2.18. The summed E-state index contributed by atoms with van der Waals surface area (Å²) in [5.74, 6) is 3.32. The van der Waals surface area contributed by atoms with E-state index in [0.29, 0.717) is 17.4 Å². The Morgan fingerprint density at radius 2 is 2.36 bits per heavy atom. The van der Waals surface area contributed by atoms with E-state index in [1.165, 1.54) is 0 Å². The molecular weight excluding hydrogens is 198 g/mol. The first-order valence-electron chi connectivity index (χ1n) is 4.45. The topological polar surface area (TPSA) is 37.8 Å². The van der Waals surface area contributed by atoms with Crippen LogP contribution in [0, 0.1) is 12.3 Å². The van der Waals surface area contributed by atoms with E-state index in [1.54, 1.807) is 12.1 Å². The fourth-order valence-electron chi connectivity index (χ4n) is 1.04. The number of aromatic nitrogens is 2. The summed E-state index contributed by atoms with van der Waals surface area (Å²) in [7, 11) is 0. The second kappa shape index (κ2) is 5.46. The lowest BCUT2D eigenvalue weighted by molar-refractivity contribution is 0.708. The van der Waals surface area contributed by atoms with Gasteiger partial charge >= 0.3 is 0 Å². The predicted octanol–water partition coefficient (Wildman–Crippen LogP) is 2.34. The third-order valence-corrected chi connectivity index (χ3v) is 2.04. The van der Waals surface area contributed by atoms with Crippen LogP contribution in [-0.4, -0.2) is 16.2 Å². The molecule has 0 aromatic carbocycles. The van der Waals surface area contributed by atoms with E-state index < -0.39 is 0 Å². The minimum Gasteiger partial charge on any atom is -0.365 e. The average molecular weight is 210 g/mol. The van der Waals surface area contributed by atoms with Crippen molar-refractivity contribution in [2.24, 2.45) is 0 Å². The Kier molecular flexibility index (Phi) is 4.21. The maximum absolute atomic E-state index is 5.61. The van der Waals surface area contributed by atoms with Crippen LogP contribution in [0.15, 0.2) is 12.1 Å². The van der Waals surface area contributed by atoms with Gasteiger partial charge in [0, 0.05) is 12.5 Å². The van der Waals surface area contributed by atoms with E-state index in [0.717, 1.165) is 6.42 Å². The minimum atomic E-state index is 0.246. The number of rotatable bonds is 4. The molecule has 1 rings (SSSR count). The number of terminal acetylenes is 1. The van der Waals surface area contributed by atoms with Crippen LogP contribution in [-0.2, 0) is 0 Å². The van der Waals surface area contributed by atoms with Crippen LogP contribution in [0.25, 0.3) is 0 Å². The van der Waals surface area contributed by atoms with Crippen LogP contribution in [0.1, 0.15) is 19.8 Å². The smallest absolute Gasteiger partial charge is 0.151 e. The van der Waals surface area contributed by atoms with Gasteiger partial charge in [-0.1, -0.05) is 18.5 Å². The zero-order valence-electron chi connectivity index (χ0n) is 8.00. The van der Waals surface area contributed by atoms with Gasteiger partial charge in [0.05, 0.1) is 0 Å². The molecular formula is C10H12ClN3. The summed E-state index contributed by atoms with van der Waals surface area (Å²) in [5, 5.41) is 11.2. The van der Waals surface area contributed by atoms with Gasteiger partial charge in [-0.2, -0.15) is 0 Å². The van der Waals surface area contributed by atoms with Crippen molar-refractivity contribution < 1.29 is 0 Å². The molecule has 0 aliphatic heterocycles. The van der Waals surface area contributed by atoms with Crippen molar-refractivity contribution in [3.05, 3.63) is 17.3 Å². The predicted molar refractivity (Wildman–Crippen MR) is 58.2 cm³/mol. The molecule has 1 aromatic rings. The van der Waals surface area contributed by atoms with E-state index in [1.807, 2.05) is 0 Å². The molecule has 0 saturated heterocycles. The quantitative estimate of drug-likeness (QED) is 0.774. The zero-order chi connectivity index (χ0) is 10.4. The third kappa shape index (κ3) is 3.23. The van der Waals surface area contributed by atoms with Crippen molar-refractivity contribution in [3.8, 4) is 12.3 Å². The Balaban J connectivity index is 2.59. The van der Waals surface area contributed by atoms with Crippen molar-refractivity contribution in [3.63, 3.8) is 0 Å². The number of nitrogens with one attached hydrogen (secondary N) is 1. The summed E-state index contributed by atoms with van der Waals surface area (Å²) >= 11 is 5.61. The third-order valence-electron chi connectivity index (χ3n) is 1.84. The highest BCUT2D eigenvalue weighted by molar-refractivity contribution is 6.29. The number of hydrogen-bond acceptors (Lipinski definition) is 3. The Bertz CT molecular complexity index is 315. The Hall–Kier alpha value is -1.27. The largest absolute Gasteiger partial charge is 0.365 e. The van der Waals surface area contributed by atoms with Crippen molar-refractivity contribution in [1.82, 2.24) is 10.2 Å². The molecule has 0 aliphatic rings. The molecule has 0 saturated carbocycles. The first-order chi connectivity index (χ1) is 6.76. The molecule has 0 bridgehead atoms. The van der Waals surface area contributed by atoms with Crippen molar-refractivity contribution in [2.75, 3.05) is 5.32 Å². The van der Waals surface area contributed by atoms with Gasteiger partial charge in [-0.25, -0.2) is 0 Å². The Labute approximate surface area is 88.9 Å². The molecule has 1 atom stereocenters. The summed E-state index contributed by atoms with van der Waals surface area (Å²) in [6, 6.07) is 3.73. The van der Waals surface area contributed by atoms with Crippen LogP contribution < -0.4 is 5.32 Å². The van der Waals surface area contributed by atoms with Gasteiger partial charge in [0.1, 0.15) is 5.82 Å². The second-order valence-electron chi connectivity index (χ2n) is 2.90. The van der Waals surface area contributed by atoms with E-state index >= 15 is 0 Å². The molecule has 3 nitrogen and oxygen atoms in total. The summed E-state index contributed by atoms with van der Waals surface area (Å²) in [6.45, 7) is 2.07. The van der Waals surface area contributed by atoms with Crippen LogP contribution in [0.5, 0.6) is 0 Å². The highest BCUT2D eigenvalue weighted by Crippen LogP contribution is 2.09. The van der Waals surface area contributed by atoms with Crippen LogP contribution in [0.4, 0.5) is 5.82 Å². The highest BCUT2D eigenvalue weighted by atomic mass is 35.5. The average Bonchev–Trinajstić information content (AvgIpc) is 2.20. The van der Waals surface area contributed by atoms with Crippen molar-refractivity contribution in [1.29, 1.82) is 0 Å². The fraction of sp³-hybridized carbons (Fsp3) is 0.400. The van der Waals surface area contributed by atoms with Gasteiger partial charge in [-0.05, 0) is 18.6 Å². The first kappa shape index (κ1) is 10.8. The second-order valence-corrected chi connectivity index (χ2v) is 3.29. The van der Waals surface area contributed by atoms with E-state index in [9.17, 15) is 0 Å². The molecule has 1 heterocycles. The molecule has 0 fully saturated rings. The van der Waals surface area contributed by atoms with Gasteiger partial charge in [-0.3, -0.25) is 0 Å². The summed E-state index contributed by atoms with van der Waals surface area (Å²) in [4.78, 5) is 0. The molecule has 14 heavy (non-hydrogen) atoms. The fourth-order valence-corrected chi connectivity index (χ4v) is 1.14. The number of hydrogen-bond donors (Lipinski definition) is 1. The molecule has 1 unspecified atom stereocenters. The van der Waals surface area contributed by atoms with E-state index in [-0.39, 0.29) is 6.04 Å². The molecule has 74 valence electrons. The highest BCUT2D eigenvalue weighted by Gasteiger charge is 2.04. The van der Waals surface area contributed by atoms with Gasteiger partial charge in [0.15, 0.2) is 5.15 Å². The van der Waals surface area contributed by atoms with Gasteiger partial charge in [0.2, 0.25) is 0 Å². The molecule has 4 heteroatoms. The van der Waals surface area contributed by atoms with Crippen LogP contribution in [0.2, 0.25) is 5.15 Å². The van der Waals surface area contributed by atoms with Gasteiger partial charge in [-0.15, -0.1) is 22.5 Å². The van der Waals surface area contributed by atoms with E-state index in [4.69, 9.17) is 18.0 Å². The SMILES string of the molecule is C#CCC(CC)Nc1ccc(Cl)nn1. The summed E-state index contributed by atoms with van der Waals surface area (Å²) < 4.78 is 0. The molecule has 0 aliphatic carbocycles. The normalized spacial score (nSPS) is 11.8. The number of nitrogens with zero attached hydrogens (tertiary/aromatic N) is 2. The lowest BCUT2D eigenvalue weighted by Gasteiger charge is -2.13. The molecule has 1 N–H and O–H groups in total. The summed E-state index contributed by atoms with van der Waals surface area (Å²) in [5.41, 5.74) is 0. The standard InChI is InChI=1S/C10H12ClN3/c1-3-5-8(4-2)12-10-7-6-9(11)13-14-10/h1,6-8H,4-5H2,2H3,(H,12,14). The van der Waals surface area contributed by atoms with E-state index in [2.05, 4.69) is 28.4 Å². The maximum Gasteiger partial charge on any atom is 0.151 e. The molecule has 1 aromatic heterocycles. The molecule has 0 radical (unpaired) electrons. The van der Waals surface area contributed by atoms with Gasteiger partial charge in [0.25, 0.3) is 0 Å². The van der Waals surface area contributed by atoms with Crippen molar-refractivity contribution in [2.45, 2.75) is 25.8 Å². The lowest BCUT2D eigenvalue weighted by atomic mass is 10.1. The minimum absolute atomic E-state index is 0.246. The Morgan fingerprint density at radius 1 is 1.57 bits per heavy atom. The molecule has 0 spiro atoms.